The Balaban J connectivity index is 1.81. The predicted octanol–water partition coefficient (Wildman–Crippen LogP) is 3.47. The van der Waals surface area contributed by atoms with Crippen LogP contribution in [-0.4, -0.2) is 15.7 Å². The monoisotopic (exact) mass is 347 g/mol. The topological polar surface area (TPSA) is 64.0 Å². The summed E-state index contributed by atoms with van der Waals surface area (Å²) in [6.07, 6.45) is 0. The van der Waals surface area contributed by atoms with E-state index < -0.39 is 0 Å². The lowest BCUT2D eigenvalue weighted by Gasteiger charge is -2.11. The number of aryl methyl sites for hydroxylation is 3. The third-order valence-electron chi connectivity index (χ3n) is 4.17. The van der Waals surface area contributed by atoms with E-state index in [2.05, 4.69) is 10.4 Å². The highest BCUT2D eigenvalue weighted by molar-refractivity contribution is 5.91. The van der Waals surface area contributed by atoms with Crippen molar-refractivity contribution in [1.29, 1.82) is 0 Å². The summed E-state index contributed by atoms with van der Waals surface area (Å²) in [6.45, 7) is 5.77. The lowest BCUT2D eigenvalue weighted by Crippen LogP contribution is -2.29. The summed E-state index contributed by atoms with van der Waals surface area (Å²) >= 11 is 0. The molecule has 0 aliphatic carbocycles. The van der Waals surface area contributed by atoms with Gasteiger partial charge in [0, 0.05) is 17.3 Å². The molecule has 3 rings (SSSR count). The number of anilines is 1. The van der Waals surface area contributed by atoms with Gasteiger partial charge in [-0.3, -0.25) is 9.59 Å². The first-order valence-electron chi connectivity index (χ1n) is 8.45. The van der Waals surface area contributed by atoms with Crippen LogP contribution in [0, 0.1) is 20.8 Å². The Labute approximate surface area is 152 Å². The first-order chi connectivity index (χ1) is 12.4. The predicted molar refractivity (Wildman–Crippen MR) is 103 cm³/mol. The van der Waals surface area contributed by atoms with E-state index >= 15 is 0 Å². The maximum Gasteiger partial charge on any atom is 0.267 e. The number of carbonyl (C=O) groups excluding carboxylic acids is 1. The average Bonchev–Trinajstić information content (AvgIpc) is 2.61. The van der Waals surface area contributed by atoms with Crippen LogP contribution >= 0.6 is 0 Å². The van der Waals surface area contributed by atoms with Crippen LogP contribution in [0.4, 0.5) is 5.69 Å². The van der Waals surface area contributed by atoms with E-state index in [9.17, 15) is 9.59 Å². The molecular formula is C21H21N3O2. The third-order valence-corrected chi connectivity index (χ3v) is 4.17. The molecule has 0 unspecified atom stereocenters. The molecule has 0 spiro atoms. The smallest absolute Gasteiger partial charge is 0.267 e. The molecule has 1 heterocycles. The van der Waals surface area contributed by atoms with Gasteiger partial charge in [-0.25, -0.2) is 4.68 Å². The zero-order valence-electron chi connectivity index (χ0n) is 15.1. The van der Waals surface area contributed by atoms with E-state index in [-0.39, 0.29) is 18.0 Å². The van der Waals surface area contributed by atoms with E-state index in [1.54, 1.807) is 6.07 Å². The summed E-state index contributed by atoms with van der Waals surface area (Å²) in [5.41, 5.74) is 5.17. The van der Waals surface area contributed by atoms with Crippen LogP contribution in [0.15, 0.2) is 59.4 Å². The van der Waals surface area contributed by atoms with E-state index in [1.165, 1.54) is 10.7 Å². The van der Waals surface area contributed by atoms with Crippen molar-refractivity contribution in [3.8, 4) is 11.3 Å². The second kappa shape index (κ2) is 7.35. The lowest BCUT2D eigenvalue weighted by atomic mass is 10.1. The van der Waals surface area contributed by atoms with Crippen LogP contribution in [0.2, 0.25) is 0 Å². The number of benzene rings is 2. The van der Waals surface area contributed by atoms with Gasteiger partial charge in [0.2, 0.25) is 5.91 Å². The molecular weight excluding hydrogens is 326 g/mol. The molecule has 0 radical (unpaired) electrons. The molecule has 2 aromatic carbocycles. The first-order valence-corrected chi connectivity index (χ1v) is 8.45. The van der Waals surface area contributed by atoms with Gasteiger partial charge < -0.3 is 5.32 Å². The van der Waals surface area contributed by atoms with Gasteiger partial charge in [0.15, 0.2) is 0 Å². The number of hydrogen-bond donors (Lipinski definition) is 1. The molecule has 26 heavy (non-hydrogen) atoms. The van der Waals surface area contributed by atoms with Crippen LogP contribution in [0.25, 0.3) is 11.3 Å². The molecule has 0 bridgehead atoms. The van der Waals surface area contributed by atoms with Crippen molar-refractivity contribution >= 4 is 11.6 Å². The molecule has 0 saturated carbocycles. The second-order valence-electron chi connectivity index (χ2n) is 6.45. The Morgan fingerprint density at radius 1 is 0.962 bits per heavy atom. The van der Waals surface area contributed by atoms with Crippen molar-refractivity contribution in [3.05, 3.63) is 81.6 Å². The minimum absolute atomic E-state index is 0.133. The van der Waals surface area contributed by atoms with Crippen molar-refractivity contribution in [2.24, 2.45) is 0 Å². The van der Waals surface area contributed by atoms with Crippen LogP contribution < -0.4 is 10.9 Å². The second-order valence-corrected chi connectivity index (χ2v) is 6.45. The maximum atomic E-state index is 12.4. The Kier molecular flexibility index (Phi) is 4.98. The summed E-state index contributed by atoms with van der Waals surface area (Å²) in [5.74, 6) is -0.283. The van der Waals surface area contributed by atoms with Crippen molar-refractivity contribution in [2.45, 2.75) is 27.3 Å². The van der Waals surface area contributed by atoms with Gasteiger partial charge in [-0.05, 0) is 44.0 Å². The van der Waals surface area contributed by atoms with Crippen molar-refractivity contribution in [1.82, 2.24) is 9.78 Å². The lowest BCUT2D eigenvalue weighted by molar-refractivity contribution is -0.117. The van der Waals surface area contributed by atoms with E-state index in [4.69, 9.17) is 0 Å². The number of carbonyl (C=O) groups is 1. The summed E-state index contributed by atoms with van der Waals surface area (Å²) in [5, 5.41) is 7.19. The van der Waals surface area contributed by atoms with E-state index in [1.807, 2.05) is 63.2 Å². The Morgan fingerprint density at radius 3 is 2.38 bits per heavy atom. The molecule has 0 aliphatic heterocycles. The van der Waals surface area contributed by atoms with Crippen LogP contribution in [0.3, 0.4) is 0 Å². The molecule has 0 atom stereocenters. The minimum atomic E-state index is -0.308. The van der Waals surface area contributed by atoms with Gasteiger partial charge in [0.1, 0.15) is 6.54 Å². The van der Waals surface area contributed by atoms with Gasteiger partial charge >= 0.3 is 0 Å². The number of nitrogens with zero attached hydrogens (tertiary/aromatic N) is 2. The molecule has 3 aromatic rings. The largest absolute Gasteiger partial charge is 0.324 e. The number of amides is 1. The SMILES string of the molecule is Cc1ccc(-c2ccc(=O)n(CC(=O)Nc3cc(C)ccc3C)n2)cc1. The highest BCUT2D eigenvalue weighted by Crippen LogP contribution is 2.17. The fourth-order valence-electron chi connectivity index (χ4n) is 2.64. The fraction of sp³-hybridized carbons (Fsp3) is 0.190. The quantitative estimate of drug-likeness (QED) is 0.786. The Morgan fingerprint density at radius 2 is 1.65 bits per heavy atom. The number of nitrogens with one attached hydrogen (secondary N) is 1. The molecule has 1 aromatic heterocycles. The van der Waals surface area contributed by atoms with Gasteiger partial charge in [0.25, 0.3) is 5.56 Å². The van der Waals surface area contributed by atoms with Gasteiger partial charge in [-0.15, -0.1) is 0 Å². The molecule has 132 valence electrons. The average molecular weight is 347 g/mol. The highest BCUT2D eigenvalue weighted by Gasteiger charge is 2.10. The van der Waals surface area contributed by atoms with Crippen LogP contribution in [-0.2, 0) is 11.3 Å². The van der Waals surface area contributed by atoms with Crippen molar-refractivity contribution in [2.75, 3.05) is 5.32 Å². The van der Waals surface area contributed by atoms with Crippen LogP contribution in [0.1, 0.15) is 16.7 Å². The van der Waals surface area contributed by atoms with Gasteiger partial charge in [0.05, 0.1) is 5.69 Å². The first kappa shape index (κ1) is 17.6. The molecule has 1 N–H and O–H groups in total. The standard InChI is InChI=1S/C21H21N3O2/c1-14-5-8-17(9-6-14)18-10-11-21(26)24(23-18)13-20(25)22-19-12-15(2)4-7-16(19)3/h4-12H,13H2,1-3H3,(H,22,25). The summed E-state index contributed by atoms with van der Waals surface area (Å²) in [7, 11) is 0. The minimum Gasteiger partial charge on any atom is -0.324 e. The molecule has 0 fully saturated rings. The highest BCUT2D eigenvalue weighted by atomic mass is 16.2. The molecule has 5 nitrogen and oxygen atoms in total. The number of rotatable bonds is 4. The zero-order chi connectivity index (χ0) is 18.7. The Bertz CT molecular complexity index is 1000. The third kappa shape index (κ3) is 4.06. The van der Waals surface area contributed by atoms with E-state index in [0.717, 1.165) is 27.9 Å². The van der Waals surface area contributed by atoms with Gasteiger partial charge in [-0.1, -0.05) is 42.0 Å². The number of aromatic nitrogens is 2. The molecule has 0 aliphatic rings. The van der Waals surface area contributed by atoms with Crippen molar-refractivity contribution < 1.29 is 4.79 Å². The fourth-order valence-corrected chi connectivity index (χ4v) is 2.64. The van der Waals surface area contributed by atoms with Crippen LogP contribution in [0.5, 0.6) is 0 Å². The molecule has 1 amide bonds. The summed E-state index contributed by atoms with van der Waals surface area (Å²) in [6, 6.07) is 16.8. The van der Waals surface area contributed by atoms with Gasteiger partial charge in [-0.2, -0.15) is 5.10 Å². The Hall–Kier alpha value is -3.21. The van der Waals surface area contributed by atoms with E-state index in [0.29, 0.717) is 5.69 Å². The zero-order valence-corrected chi connectivity index (χ0v) is 15.1. The summed E-state index contributed by atoms with van der Waals surface area (Å²) in [4.78, 5) is 24.5. The molecule has 0 saturated heterocycles. The maximum absolute atomic E-state index is 12.4. The molecule has 5 heteroatoms. The number of hydrogen-bond acceptors (Lipinski definition) is 3. The van der Waals surface area contributed by atoms with Crippen molar-refractivity contribution in [3.63, 3.8) is 0 Å². The summed E-state index contributed by atoms with van der Waals surface area (Å²) < 4.78 is 1.19. The normalized spacial score (nSPS) is 10.6.